The molecule has 148 valence electrons. The zero-order valence-electron chi connectivity index (χ0n) is 16.7. The van der Waals surface area contributed by atoms with Crippen LogP contribution in [0.3, 0.4) is 0 Å². The lowest BCUT2D eigenvalue weighted by molar-refractivity contribution is -0.140. The van der Waals surface area contributed by atoms with Gasteiger partial charge in [0.1, 0.15) is 12.4 Å². The second-order valence-electron chi connectivity index (χ2n) is 7.68. The van der Waals surface area contributed by atoms with E-state index in [1.54, 1.807) is 0 Å². The highest BCUT2D eigenvalue weighted by molar-refractivity contribution is 5.69. The van der Waals surface area contributed by atoms with Crippen LogP contribution < -0.4 is 4.74 Å². The summed E-state index contributed by atoms with van der Waals surface area (Å²) in [6.07, 6.45) is 1.07. The Labute approximate surface area is 166 Å². The number of hydrogen-bond acceptors (Lipinski definition) is 5. The monoisotopic (exact) mass is 380 g/mol. The molecule has 2 heterocycles. The van der Waals surface area contributed by atoms with Crippen LogP contribution in [0, 0.1) is 0 Å². The number of nitrogens with zero attached hydrogens (tertiary/aromatic N) is 2. The predicted molar refractivity (Wildman–Crippen MR) is 108 cm³/mol. The number of carbonyl (C=O) groups is 1. The molecule has 5 nitrogen and oxygen atoms in total. The van der Waals surface area contributed by atoms with Gasteiger partial charge in [0.25, 0.3) is 0 Å². The number of esters is 1. The van der Waals surface area contributed by atoms with Gasteiger partial charge in [-0.25, -0.2) is 0 Å². The standard InChI is InChI=1S/C23H28N2O3/c1-24-11-13-25(14-12-24)23-19-6-4-3-5-18(19)16-28-21-9-7-17(15-20(21)23)8-10-22(26)27-2/h3-7,9,15,23H,8,10-14,16H2,1-2H3. The third-order valence-corrected chi connectivity index (χ3v) is 5.85. The van der Waals surface area contributed by atoms with Crippen molar-refractivity contribution >= 4 is 5.97 Å². The van der Waals surface area contributed by atoms with Crippen molar-refractivity contribution < 1.29 is 14.3 Å². The molecular weight excluding hydrogens is 352 g/mol. The molecule has 28 heavy (non-hydrogen) atoms. The number of likely N-dealkylation sites (N-methyl/N-ethyl adjacent to an activating group) is 1. The molecule has 1 saturated heterocycles. The average molecular weight is 380 g/mol. The highest BCUT2D eigenvalue weighted by atomic mass is 16.5. The molecule has 2 aromatic carbocycles. The van der Waals surface area contributed by atoms with E-state index < -0.39 is 0 Å². The molecular formula is C23H28N2O3. The summed E-state index contributed by atoms with van der Waals surface area (Å²) < 4.78 is 11.0. The summed E-state index contributed by atoms with van der Waals surface area (Å²) >= 11 is 0. The summed E-state index contributed by atoms with van der Waals surface area (Å²) in [5.41, 5.74) is 4.93. The maximum Gasteiger partial charge on any atom is 0.305 e. The molecule has 5 heteroatoms. The van der Waals surface area contributed by atoms with Crippen molar-refractivity contribution in [1.82, 2.24) is 9.80 Å². The Kier molecular flexibility index (Phi) is 5.64. The van der Waals surface area contributed by atoms with Gasteiger partial charge in [-0.2, -0.15) is 0 Å². The highest BCUT2D eigenvalue weighted by Crippen LogP contribution is 2.40. The first-order valence-electron chi connectivity index (χ1n) is 9.98. The van der Waals surface area contributed by atoms with Crippen LogP contribution >= 0.6 is 0 Å². The van der Waals surface area contributed by atoms with Gasteiger partial charge >= 0.3 is 5.97 Å². The van der Waals surface area contributed by atoms with Crippen molar-refractivity contribution in [2.45, 2.75) is 25.5 Å². The molecule has 2 aromatic rings. The molecule has 2 aliphatic heterocycles. The lowest BCUT2D eigenvalue weighted by atomic mass is 9.91. The number of methoxy groups -OCH3 is 1. The molecule has 0 aromatic heterocycles. The Hall–Kier alpha value is -2.37. The Morgan fingerprint density at radius 2 is 1.89 bits per heavy atom. The lowest BCUT2D eigenvalue weighted by Gasteiger charge is -2.38. The summed E-state index contributed by atoms with van der Waals surface area (Å²) in [6, 6.07) is 15.1. The van der Waals surface area contributed by atoms with E-state index in [4.69, 9.17) is 9.47 Å². The fourth-order valence-corrected chi connectivity index (χ4v) is 4.18. The zero-order chi connectivity index (χ0) is 19.5. The molecule has 0 radical (unpaired) electrons. The molecule has 0 saturated carbocycles. The van der Waals surface area contributed by atoms with Gasteiger partial charge in [0, 0.05) is 38.2 Å². The van der Waals surface area contributed by atoms with Crippen LogP contribution in [-0.4, -0.2) is 56.1 Å². The number of aryl methyl sites for hydroxylation is 1. The summed E-state index contributed by atoms with van der Waals surface area (Å²) in [4.78, 5) is 16.5. The van der Waals surface area contributed by atoms with Crippen LogP contribution in [0.5, 0.6) is 5.75 Å². The summed E-state index contributed by atoms with van der Waals surface area (Å²) in [5, 5.41) is 0. The van der Waals surface area contributed by atoms with Gasteiger partial charge in [0.05, 0.1) is 13.2 Å². The first-order chi connectivity index (χ1) is 13.7. The maximum atomic E-state index is 11.6. The number of fused-ring (bicyclic) bond motifs is 2. The van der Waals surface area contributed by atoms with Gasteiger partial charge in [-0.1, -0.05) is 36.4 Å². The fraction of sp³-hybridized carbons (Fsp3) is 0.435. The lowest BCUT2D eigenvalue weighted by Crippen LogP contribution is -2.46. The normalized spacial score (nSPS) is 19.9. The second kappa shape index (κ2) is 8.33. The van der Waals surface area contributed by atoms with E-state index in [0.29, 0.717) is 19.4 Å². The van der Waals surface area contributed by atoms with Crippen LogP contribution in [0.2, 0.25) is 0 Å². The summed E-state index contributed by atoms with van der Waals surface area (Å²) in [6.45, 7) is 4.78. The first-order valence-corrected chi connectivity index (χ1v) is 9.98. The molecule has 0 N–H and O–H groups in total. The van der Waals surface area contributed by atoms with Crippen molar-refractivity contribution in [3.63, 3.8) is 0 Å². The Balaban J connectivity index is 1.71. The number of benzene rings is 2. The van der Waals surface area contributed by atoms with Gasteiger partial charge in [0.2, 0.25) is 0 Å². The van der Waals surface area contributed by atoms with E-state index in [0.717, 1.165) is 37.5 Å². The third-order valence-electron chi connectivity index (χ3n) is 5.85. The molecule has 0 bridgehead atoms. The van der Waals surface area contributed by atoms with Crippen molar-refractivity contribution in [3.05, 3.63) is 64.7 Å². The van der Waals surface area contributed by atoms with E-state index >= 15 is 0 Å². The zero-order valence-corrected chi connectivity index (χ0v) is 16.7. The van der Waals surface area contributed by atoms with E-state index in [2.05, 4.69) is 59.3 Å². The summed E-state index contributed by atoms with van der Waals surface area (Å²) in [5.74, 6) is 0.772. The van der Waals surface area contributed by atoms with Crippen molar-refractivity contribution in [2.75, 3.05) is 40.3 Å². The number of piperazine rings is 1. The second-order valence-corrected chi connectivity index (χ2v) is 7.68. The first kappa shape index (κ1) is 19.0. The van der Waals surface area contributed by atoms with Crippen molar-refractivity contribution in [1.29, 1.82) is 0 Å². The topological polar surface area (TPSA) is 42.0 Å². The molecule has 1 fully saturated rings. The van der Waals surface area contributed by atoms with Crippen LogP contribution in [0.4, 0.5) is 0 Å². The van der Waals surface area contributed by atoms with Crippen LogP contribution in [0.15, 0.2) is 42.5 Å². The van der Waals surface area contributed by atoms with Crippen LogP contribution in [0.25, 0.3) is 0 Å². The van der Waals surface area contributed by atoms with Gasteiger partial charge in [-0.3, -0.25) is 9.69 Å². The molecule has 4 rings (SSSR count). The summed E-state index contributed by atoms with van der Waals surface area (Å²) in [7, 11) is 3.62. The average Bonchev–Trinajstić information content (AvgIpc) is 2.89. The molecule has 1 atom stereocenters. The van der Waals surface area contributed by atoms with E-state index in [1.165, 1.54) is 23.8 Å². The number of hydrogen-bond donors (Lipinski definition) is 0. The van der Waals surface area contributed by atoms with Gasteiger partial charge < -0.3 is 14.4 Å². The number of carbonyl (C=O) groups excluding carboxylic acids is 1. The minimum atomic E-state index is -0.174. The molecule has 2 aliphatic rings. The molecule has 0 spiro atoms. The van der Waals surface area contributed by atoms with Gasteiger partial charge in [-0.05, 0) is 36.2 Å². The third kappa shape index (κ3) is 3.91. The van der Waals surface area contributed by atoms with Gasteiger partial charge in [-0.15, -0.1) is 0 Å². The quantitative estimate of drug-likeness (QED) is 0.763. The van der Waals surface area contributed by atoms with E-state index in [1.807, 2.05) is 0 Å². The predicted octanol–water partition coefficient (Wildman–Crippen LogP) is 3.02. The Bertz CT molecular complexity index is 843. The highest BCUT2D eigenvalue weighted by Gasteiger charge is 2.31. The Morgan fingerprint density at radius 3 is 2.68 bits per heavy atom. The largest absolute Gasteiger partial charge is 0.489 e. The maximum absolute atomic E-state index is 11.6. The smallest absolute Gasteiger partial charge is 0.305 e. The number of ether oxygens (including phenoxy) is 2. The van der Waals surface area contributed by atoms with E-state index in [-0.39, 0.29) is 12.0 Å². The Morgan fingerprint density at radius 1 is 1.11 bits per heavy atom. The SMILES string of the molecule is COC(=O)CCc1ccc2c(c1)C(N1CCN(C)CC1)c1ccccc1CO2. The molecule has 0 amide bonds. The van der Waals surface area contributed by atoms with Crippen molar-refractivity contribution in [3.8, 4) is 5.75 Å². The number of rotatable bonds is 4. The van der Waals surface area contributed by atoms with Crippen molar-refractivity contribution in [2.24, 2.45) is 0 Å². The minimum absolute atomic E-state index is 0.174. The molecule has 1 unspecified atom stereocenters. The molecule has 0 aliphatic carbocycles. The minimum Gasteiger partial charge on any atom is -0.489 e. The van der Waals surface area contributed by atoms with Crippen LogP contribution in [0.1, 0.15) is 34.7 Å². The van der Waals surface area contributed by atoms with Crippen LogP contribution in [-0.2, 0) is 22.6 Å². The fourth-order valence-electron chi connectivity index (χ4n) is 4.18. The van der Waals surface area contributed by atoms with E-state index in [9.17, 15) is 4.79 Å². The van der Waals surface area contributed by atoms with Gasteiger partial charge in [0.15, 0.2) is 0 Å².